The van der Waals surface area contributed by atoms with Gasteiger partial charge in [0.25, 0.3) is 5.56 Å². The van der Waals surface area contributed by atoms with Crippen LogP contribution >= 0.6 is 0 Å². The Balaban J connectivity index is 1.36. The van der Waals surface area contributed by atoms with E-state index in [2.05, 4.69) is 84.0 Å². The van der Waals surface area contributed by atoms with Crippen molar-refractivity contribution in [2.75, 3.05) is 43.4 Å². The highest BCUT2D eigenvalue weighted by Gasteiger charge is 2.22. The molecule has 2 aromatic heterocycles. The number of hydrogen-bond donors (Lipinski definition) is 1. The van der Waals surface area contributed by atoms with Gasteiger partial charge in [0, 0.05) is 43.8 Å². The number of aryl methyl sites for hydroxylation is 2. The lowest BCUT2D eigenvalue weighted by atomic mass is 10.0. The van der Waals surface area contributed by atoms with Gasteiger partial charge in [-0.3, -0.25) is 4.79 Å². The number of likely N-dealkylation sites (N-methyl/N-ethyl adjacent to an activating group) is 1. The second-order valence-electron chi connectivity index (χ2n) is 10.7. The highest BCUT2D eigenvalue weighted by Crippen LogP contribution is 2.34. The Kier molecular flexibility index (Phi) is 6.27. The van der Waals surface area contributed by atoms with Gasteiger partial charge in [-0.05, 0) is 79.8 Å². The summed E-state index contributed by atoms with van der Waals surface area (Å²) < 4.78 is 3.60. The lowest BCUT2D eigenvalue weighted by Gasteiger charge is -2.35. The van der Waals surface area contributed by atoms with Gasteiger partial charge < -0.3 is 15.1 Å². The van der Waals surface area contributed by atoms with Crippen LogP contribution in [0.3, 0.4) is 0 Å². The van der Waals surface area contributed by atoms with Crippen LogP contribution in [-0.2, 0) is 13.0 Å². The van der Waals surface area contributed by atoms with Gasteiger partial charge in [0.2, 0.25) is 5.95 Å². The maximum Gasteiger partial charge on any atom is 0.278 e. The molecule has 1 saturated heterocycles. The van der Waals surface area contributed by atoms with E-state index in [1.54, 1.807) is 17.0 Å². The van der Waals surface area contributed by atoms with Crippen LogP contribution in [0.1, 0.15) is 36.0 Å². The van der Waals surface area contributed by atoms with Gasteiger partial charge in [-0.2, -0.15) is 4.98 Å². The maximum absolute atomic E-state index is 13.3. The number of nitrogens with zero attached hydrogens (tertiary/aromatic N) is 6. The Morgan fingerprint density at radius 1 is 1.13 bits per heavy atom. The molecular formula is C30H35N7O. The number of nitrogens with one attached hydrogen (secondary N) is 1. The topological polar surface area (TPSA) is 71.2 Å². The highest BCUT2D eigenvalue weighted by atomic mass is 16.1. The molecule has 3 heterocycles. The van der Waals surface area contributed by atoms with E-state index >= 15 is 0 Å². The van der Waals surface area contributed by atoms with Crippen LogP contribution in [0.2, 0.25) is 0 Å². The largest absolute Gasteiger partial charge is 0.369 e. The van der Waals surface area contributed by atoms with Crippen LogP contribution in [-0.4, -0.2) is 57.5 Å². The molecule has 0 bridgehead atoms. The van der Waals surface area contributed by atoms with E-state index in [4.69, 9.17) is 4.98 Å². The summed E-state index contributed by atoms with van der Waals surface area (Å²) in [4.78, 5) is 27.5. The molecule has 6 rings (SSSR count). The van der Waals surface area contributed by atoms with E-state index in [9.17, 15) is 4.79 Å². The van der Waals surface area contributed by atoms with Crippen molar-refractivity contribution in [3.05, 3.63) is 82.3 Å². The number of hydrogen-bond acceptors (Lipinski definition) is 6. The average Bonchev–Trinajstić information content (AvgIpc) is 3.41. The normalized spacial score (nSPS) is 17.7. The van der Waals surface area contributed by atoms with Crippen LogP contribution in [0.5, 0.6) is 0 Å². The fourth-order valence-corrected chi connectivity index (χ4v) is 5.83. The van der Waals surface area contributed by atoms with E-state index in [0.717, 1.165) is 50.4 Å². The monoisotopic (exact) mass is 509 g/mol. The number of rotatable bonds is 6. The Bertz CT molecular complexity index is 1580. The van der Waals surface area contributed by atoms with Crippen molar-refractivity contribution in [3.8, 4) is 5.69 Å². The lowest BCUT2D eigenvalue weighted by Crippen LogP contribution is -2.44. The molecule has 0 radical (unpaired) electrons. The van der Waals surface area contributed by atoms with Crippen LogP contribution in [0.25, 0.3) is 16.7 Å². The van der Waals surface area contributed by atoms with Gasteiger partial charge in [-0.25, -0.2) is 14.3 Å². The van der Waals surface area contributed by atoms with E-state index in [1.807, 2.05) is 4.68 Å². The zero-order valence-electron chi connectivity index (χ0n) is 22.4. The Morgan fingerprint density at radius 2 is 1.95 bits per heavy atom. The first-order valence-corrected chi connectivity index (χ1v) is 13.5. The highest BCUT2D eigenvalue weighted by molar-refractivity contribution is 5.77. The smallest absolute Gasteiger partial charge is 0.278 e. The number of aromatic nitrogens is 4. The fraction of sp³-hybridized carbons (Fsp3) is 0.367. The second kappa shape index (κ2) is 9.76. The molecule has 1 N–H and O–H groups in total. The van der Waals surface area contributed by atoms with Crippen molar-refractivity contribution in [1.29, 1.82) is 0 Å². The van der Waals surface area contributed by atoms with E-state index < -0.39 is 0 Å². The summed E-state index contributed by atoms with van der Waals surface area (Å²) >= 11 is 0. The van der Waals surface area contributed by atoms with Crippen LogP contribution in [0.4, 0.5) is 17.3 Å². The predicted molar refractivity (Wildman–Crippen MR) is 154 cm³/mol. The molecule has 0 saturated carbocycles. The van der Waals surface area contributed by atoms with E-state index in [-0.39, 0.29) is 5.56 Å². The minimum Gasteiger partial charge on any atom is -0.369 e. The third-order valence-corrected chi connectivity index (χ3v) is 8.03. The van der Waals surface area contributed by atoms with Crippen molar-refractivity contribution < 1.29 is 0 Å². The average molecular weight is 510 g/mol. The van der Waals surface area contributed by atoms with Gasteiger partial charge in [0.1, 0.15) is 5.39 Å². The lowest BCUT2D eigenvalue weighted by molar-refractivity contribution is 0.312. The van der Waals surface area contributed by atoms with Crippen LogP contribution in [0.15, 0.2) is 60.0 Å². The summed E-state index contributed by atoms with van der Waals surface area (Å²) in [5.74, 6) is 0.971. The molecule has 2 aliphatic rings. The predicted octanol–water partition coefficient (Wildman–Crippen LogP) is 4.62. The zero-order valence-corrected chi connectivity index (χ0v) is 22.4. The van der Waals surface area contributed by atoms with Gasteiger partial charge in [0.05, 0.1) is 12.2 Å². The van der Waals surface area contributed by atoms with E-state index in [0.29, 0.717) is 29.4 Å². The third-order valence-electron chi connectivity index (χ3n) is 8.03. The molecule has 196 valence electrons. The first-order valence-electron chi connectivity index (χ1n) is 13.5. The molecule has 1 aliphatic heterocycles. The van der Waals surface area contributed by atoms with E-state index in [1.165, 1.54) is 22.4 Å². The van der Waals surface area contributed by atoms with Crippen molar-refractivity contribution in [2.24, 2.45) is 0 Å². The van der Waals surface area contributed by atoms with Crippen LogP contribution in [0, 0.1) is 6.92 Å². The van der Waals surface area contributed by atoms with Gasteiger partial charge in [0.15, 0.2) is 5.65 Å². The molecule has 0 amide bonds. The molecule has 8 heteroatoms. The first kappa shape index (κ1) is 24.4. The summed E-state index contributed by atoms with van der Waals surface area (Å²) in [5, 5.41) is 3.86. The molecular weight excluding hydrogens is 474 g/mol. The minimum atomic E-state index is -0.118. The summed E-state index contributed by atoms with van der Waals surface area (Å²) in [6, 6.07) is 12.9. The fourth-order valence-electron chi connectivity index (χ4n) is 5.83. The van der Waals surface area contributed by atoms with Gasteiger partial charge in [-0.15, -0.1) is 6.58 Å². The molecule has 1 unspecified atom stereocenters. The molecule has 8 nitrogen and oxygen atoms in total. The molecule has 38 heavy (non-hydrogen) atoms. The zero-order chi connectivity index (χ0) is 26.4. The summed E-state index contributed by atoms with van der Waals surface area (Å²) in [6.45, 7) is 12.9. The quantitative estimate of drug-likeness (QED) is 0.383. The minimum absolute atomic E-state index is 0.118. The Labute approximate surface area is 223 Å². The summed E-state index contributed by atoms with van der Waals surface area (Å²) in [6.07, 6.45) is 5.63. The number of allylic oxidation sites excluding steroid dienone is 1. The van der Waals surface area contributed by atoms with Crippen LogP contribution < -0.4 is 15.8 Å². The number of fused-ring (bicyclic) bond motifs is 2. The Morgan fingerprint density at radius 3 is 2.71 bits per heavy atom. The first-order chi connectivity index (χ1) is 18.4. The Hall–Kier alpha value is -3.91. The number of benzene rings is 2. The second-order valence-corrected chi connectivity index (χ2v) is 10.7. The molecule has 1 aliphatic carbocycles. The summed E-state index contributed by atoms with van der Waals surface area (Å²) in [7, 11) is 2.17. The van der Waals surface area contributed by atoms with Gasteiger partial charge in [-0.1, -0.05) is 19.1 Å². The SMILES string of the molecule is C=CCn1c(=O)c2cnc(Nc3ccc(N4CCN(C)CC4)c(C)c3)nc2n1-c1ccc2c(c1)C(C)CC2. The molecule has 0 spiro atoms. The number of piperazine rings is 1. The third kappa shape index (κ3) is 4.28. The molecule has 1 fully saturated rings. The van der Waals surface area contributed by atoms with Crippen molar-refractivity contribution in [2.45, 2.75) is 39.2 Å². The van der Waals surface area contributed by atoms with Crippen molar-refractivity contribution >= 4 is 28.4 Å². The maximum atomic E-state index is 13.3. The summed E-state index contributed by atoms with van der Waals surface area (Å²) in [5.41, 5.74) is 7.54. The van der Waals surface area contributed by atoms with Crippen molar-refractivity contribution in [3.63, 3.8) is 0 Å². The standard InChI is InChI=1S/C30H35N7O/c1-5-12-36-29(38)26-19-31-30(32-23-9-11-27(21(3)17-23)35-15-13-34(4)14-16-35)33-28(26)37(36)24-10-8-22-7-6-20(2)25(22)18-24/h5,8-11,17-20H,1,6-7,12-16H2,2-4H3,(H,31,32,33). The number of anilines is 3. The van der Waals surface area contributed by atoms with Gasteiger partial charge >= 0.3 is 0 Å². The molecule has 4 aromatic rings. The molecule has 1 atom stereocenters. The van der Waals surface area contributed by atoms with Crippen molar-refractivity contribution in [1.82, 2.24) is 24.2 Å². The molecule has 2 aromatic carbocycles.